The molecular formula is C17H22F3NO3. The Bertz CT molecular complexity index is 536. The van der Waals surface area contributed by atoms with Gasteiger partial charge in [0.25, 0.3) is 0 Å². The Morgan fingerprint density at radius 3 is 2.58 bits per heavy atom. The summed E-state index contributed by atoms with van der Waals surface area (Å²) in [5, 5.41) is 9.55. The second-order valence-electron chi connectivity index (χ2n) is 6.05. The molecule has 0 aromatic heterocycles. The number of rotatable bonds is 7. The van der Waals surface area contributed by atoms with Crippen molar-refractivity contribution in [1.82, 2.24) is 4.90 Å². The summed E-state index contributed by atoms with van der Waals surface area (Å²) in [6, 6.07) is 9.84. The first-order valence-corrected chi connectivity index (χ1v) is 8.00. The smallest absolute Gasteiger partial charge is 0.381 e. The highest BCUT2D eigenvalue weighted by atomic mass is 19.4. The van der Waals surface area contributed by atoms with E-state index in [9.17, 15) is 23.1 Å². The van der Waals surface area contributed by atoms with Crippen molar-refractivity contribution in [3.05, 3.63) is 35.9 Å². The molecule has 1 N–H and O–H groups in total. The fourth-order valence-electron chi connectivity index (χ4n) is 2.66. The Balaban J connectivity index is 1.60. The molecule has 1 fully saturated rings. The van der Waals surface area contributed by atoms with Gasteiger partial charge in [0.05, 0.1) is 13.2 Å². The molecule has 0 aliphatic carbocycles. The third-order valence-electron chi connectivity index (χ3n) is 4.19. The third kappa shape index (κ3) is 4.95. The largest absolute Gasteiger partial charge is 0.419 e. The van der Waals surface area contributed by atoms with Crippen molar-refractivity contribution in [2.24, 2.45) is 0 Å². The highest BCUT2D eigenvalue weighted by Gasteiger charge is 2.57. The fourth-order valence-corrected chi connectivity index (χ4v) is 2.66. The SMILES string of the molecule is O=C(CCCOCCc1ccccc1)N1CCC(O)(C(F)(F)F)C1. The molecule has 134 valence electrons. The molecule has 1 atom stereocenters. The summed E-state index contributed by atoms with van der Waals surface area (Å²) in [6.45, 7) is 0.180. The maximum absolute atomic E-state index is 12.7. The van der Waals surface area contributed by atoms with Crippen molar-refractivity contribution >= 4 is 5.91 Å². The molecule has 0 radical (unpaired) electrons. The number of alkyl halides is 3. The number of hydrogen-bond donors (Lipinski definition) is 1. The lowest BCUT2D eigenvalue weighted by atomic mass is 10.0. The number of carbonyl (C=O) groups excluding carboxylic acids is 1. The summed E-state index contributed by atoms with van der Waals surface area (Å²) in [7, 11) is 0. The van der Waals surface area contributed by atoms with Gasteiger partial charge in [-0.05, 0) is 18.4 Å². The number of hydrogen-bond acceptors (Lipinski definition) is 3. The lowest BCUT2D eigenvalue weighted by molar-refractivity contribution is -0.253. The number of β-amino-alcohol motifs (C(OH)–C–C–N with tert-alkyl or cyclic N) is 1. The second kappa shape index (κ2) is 7.98. The molecule has 1 unspecified atom stereocenters. The molecule has 0 spiro atoms. The summed E-state index contributed by atoms with van der Waals surface area (Å²) in [5.74, 6) is -0.373. The van der Waals surface area contributed by atoms with Gasteiger partial charge >= 0.3 is 6.18 Å². The molecule has 1 heterocycles. The lowest BCUT2D eigenvalue weighted by Crippen LogP contribution is -2.48. The van der Waals surface area contributed by atoms with E-state index in [2.05, 4.69) is 0 Å². The predicted molar refractivity (Wildman–Crippen MR) is 82.4 cm³/mol. The van der Waals surface area contributed by atoms with Crippen LogP contribution in [0.5, 0.6) is 0 Å². The average molecular weight is 345 g/mol. The normalized spacial score (nSPS) is 21.2. The van der Waals surface area contributed by atoms with Gasteiger partial charge in [0.1, 0.15) is 0 Å². The molecular weight excluding hydrogens is 323 g/mol. The van der Waals surface area contributed by atoms with E-state index in [0.717, 1.165) is 16.9 Å². The second-order valence-corrected chi connectivity index (χ2v) is 6.05. The van der Waals surface area contributed by atoms with Crippen LogP contribution in [0.15, 0.2) is 30.3 Å². The minimum absolute atomic E-state index is 0.0658. The van der Waals surface area contributed by atoms with Crippen LogP contribution in [0.1, 0.15) is 24.8 Å². The summed E-state index contributed by atoms with van der Waals surface area (Å²) in [5.41, 5.74) is -1.61. The number of carbonyl (C=O) groups is 1. The molecule has 7 heteroatoms. The summed E-state index contributed by atoms with van der Waals surface area (Å²) in [6.07, 6.45) is -3.81. The Morgan fingerprint density at radius 2 is 1.96 bits per heavy atom. The first kappa shape index (κ1) is 18.7. The zero-order chi connectivity index (χ0) is 17.6. The maximum atomic E-state index is 12.7. The van der Waals surface area contributed by atoms with Gasteiger partial charge in [0.15, 0.2) is 5.60 Å². The number of halogens is 3. The molecule has 1 amide bonds. The van der Waals surface area contributed by atoms with Crippen molar-refractivity contribution in [1.29, 1.82) is 0 Å². The van der Waals surface area contributed by atoms with Crippen LogP contribution >= 0.6 is 0 Å². The first-order chi connectivity index (χ1) is 11.3. The predicted octanol–water partition coefficient (Wildman–Crippen LogP) is 2.55. The van der Waals surface area contributed by atoms with Gasteiger partial charge in [0, 0.05) is 26.0 Å². The molecule has 2 rings (SSSR count). The van der Waals surface area contributed by atoms with Crippen LogP contribution in [0.2, 0.25) is 0 Å². The van der Waals surface area contributed by atoms with Crippen LogP contribution in [0.4, 0.5) is 13.2 Å². The monoisotopic (exact) mass is 345 g/mol. The molecule has 1 saturated heterocycles. The van der Waals surface area contributed by atoms with Crippen LogP contribution in [0.25, 0.3) is 0 Å². The number of benzene rings is 1. The summed E-state index contributed by atoms with van der Waals surface area (Å²) < 4.78 is 43.6. The molecule has 1 aromatic carbocycles. The van der Waals surface area contributed by atoms with Crippen molar-refractivity contribution in [2.45, 2.75) is 37.5 Å². The minimum Gasteiger partial charge on any atom is -0.381 e. The number of likely N-dealkylation sites (tertiary alicyclic amines) is 1. The standard InChI is InChI=1S/C17H22F3NO3/c18-17(19,20)16(23)9-10-21(13-16)15(22)7-4-11-24-12-8-14-5-2-1-3-6-14/h1-3,5-6,23H,4,7-13H2. The van der Waals surface area contributed by atoms with Crippen LogP contribution in [-0.4, -0.2) is 54.0 Å². The van der Waals surface area contributed by atoms with Crippen LogP contribution in [0.3, 0.4) is 0 Å². The molecule has 24 heavy (non-hydrogen) atoms. The zero-order valence-corrected chi connectivity index (χ0v) is 13.4. The van der Waals surface area contributed by atoms with E-state index in [0.29, 0.717) is 19.6 Å². The van der Waals surface area contributed by atoms with Gasteiger partial charge in [-0.25, -0.2) is 0 Å². The quantitative estimate of drug-likeness (QED) is 0.773. The van der Waals surface area contributed by atoms with E-state index < -0.39 is 24.7 Å². The molecule has 4 nitrogen and oxygen atoms in total. The van der Waals surface area contributed by atoms with E-state index >= 15 is 0 Å². The number of ether oxygens (including phenoxy) is 1. The minimum atomic E-state index is -4.71. The highest BCUT2D eigenvalue weighted by Crippen LogP contribution is 2.37. The van der Waals surface area contributed by atoms with Crippen LogP contribution in [-0.2, 0) is 16.0 Å². The zero-order valence-electron chi connectivity index (χ0n) is 13.4. The van der Waals surface area contributed by atoms with Gasteiger partial charge in [0.2, 0.25) is 5.91 Å². The summed E-state index contributed by atoms with van der Waals surface area (Å²) >= 11 is 0. The average Bonchev–Trinajstić information content (AvgIpc) is 2.95. The van der Waals surface area contributed by atoms with Crippen molar-refractivity contribution < 1.29 is 27.8 Å². The molecule has 1 aromatic rings. The number of amides is 1. The van der Waals surface area contributed by atoms with E-state index in [1.54, 1.807) is 0 Å². The van der Waals surface area contributed by atoms with Gasteiger partial charge in [-0.15, -0.1) is 0 Å². The van der Waals surface area contributed by atoms with Gasteiger partial charge in [-0.3, -0.25) is 4.79 Å². The van der Waals surface area contributed by atoms with Crippen molar-refractivity contribution in [2.75, 3.05) is 26.3 Å². The summed E-state index contributed by atoms with van der Waals surface area (Å²) in [4.78, 5) is 13.0. The topological polar surface area (TPSA) is 49.8 Å². The number of nitrogens with zero attached hydrogens (tertiary/aromatic N) is 1. The lowest BCUT2D eigenvalue weighted by Gasteiger charge is -2.25. The van der Waals surface area contributed by atoms with Crippen molar-refractivity contribution in [3.8, 4) is 0 Å². The Morgan fingerprint density at radius 1 is 1.25 bits per heavy atom. The molecule has 1 aliphatic heterocycles. The number of aliphatic hydroxyl groups is 1. The van der Waals surface area contributed by atoms with Crippen LogP contribution < -0.4 is 0 Å². The molecule has 0 bridgehead atoms. The van der Waals surface area contributed by atoms with E-state index in [4.69, 9.17) is 4.74 Å². The van der Waals surface area contributed by atoms with E-state index in [1.165, 1.54) is 0 Å². The van der Waals surface area contributed by atoms with Gasteiger partial charge < -0.3 is 14.7 Å². The molecule has 1 aliphatic rings. The third-order valence-corrected chi connectivity index (χ3v) is 4.19. The Hall–Kier alpha value is -1.60. The molecule has 0 saturated carbocycles. The van der Waals surface area contributed by atoms with E-state index in [1.807, 2.05) is 30.3 Å². The Kier molecular flexibility index (Phi) is 6.23. The first-order valence-electron chi connectivity index (χ1n) is 8.00. The maximum Gasteiger partial charge on any atom is 0.419 e. The van der Waals surface area contributed by atoms with Crippen LogP contribution in [0, 0.1) is 0 Å². The highest BCUT2D eigenvalue weighted by molar-refractivity contribution is 5.76. The van der Waals surface area contributed by atoms with Gasteiger partial charge in [-0.1, -0.05) is 30.3 Å². The van der Waals surface area contributed by atoms with Crippen molar-refractivity contribution in [3.63, 3.8) is 0 Å². The Labute approximate surface area is 139 Å². The fraction of sp³-hybridized carbons (Fsp3) is 0.588. The van der Waals surface area contributed by atoms with E-state index in [-0.39, 0.29) is 18.9 Å². The van der Waals surface area contributed by atoms with Gasteiger partial charge in [-0.2, -0.15) is 13.2 Å².